The molecule has 0 saturated carbocycles. The molecule has 7 nitrogen and oxygen atoms in total. The molecule has 1 N–H and O–H groups in total. The second-order valence-electron chi connectivity index (χ2n) is 10.9. The molecule has 3 aliphatic heterocycles. The summed E-state index contributed by atoms with van der Waals surface area (Å²) in [5, 5.41) is 3.55. The zero-order chi connectivity index (χ0) is 29.9. The van der Waals surface area contributed by atoms with Gasteiger partial charge in [0.05, 0.1) is 26.2 Å². The van der Waals surface area contributed by atoms with Crippen LogP contribution in [0.15, 0.2) is 97.2 Å². The lowest BCUT2D eigenvalue weighted by Gasteiger charge is -2.38. The van der Waals surface area contributed by atoms with Crippen molar-refractivity contribution in [1.82, 2.24) is 4.90 Å². The summed E-state index contributed by atoms with van der Waals surface area (Å²) < 4.78 is 10.9. The molecule has 4 aromatic rings. The molecule has 1 amide bonds. The Hall–Kier alpha value is -4.88. The van der Waals surface area contributed by atoms with Crippen LogP contribution in [-0.4, -0.2) is 42.6 Å². The van der Waals surface area contributed by atoms with E-state index in [9.17, 15) is 14.4 Å². The van der Waals surface area contributed by atoms with E-state index in [4.69, 9.17) is 21.1 Å². The van der Waals surface area contributed by atoms with E-state index in [1.54, 1.807) is 42.5 Å². The second kappa shape index (κ2) is 10.1. The van der Waals surface area contributed by atoms with Crippen LogP contribution in [0.4, 0.5) is 5.69 Å². The molecule has 7 rings (SSSR count). The van der Waals surface area contributed by atoms with Gasteiger partial charge in [-0.05, 0) is 71.3 Å². The van der Waals surface area contributed by atoms with E-state index in [1.807, 2.05) is 65.7 Å². The normalized spacial score (nSPS) is 22.9. The summed E-state index contributed by atoms with van der Waals surface area (Å²) in [5.41, 5.74) is 2.40. The number of Topliss-reactive ketones (excluding diaryl/α,β-unsaturated/α-hetero) is 2. The number of hydrogen-bond donors (Lipinski definition) is 1. The fourth-order valence-electron chi connectivity index (χ4n) is 7.12. The summed E-state index contributed by atoms with van der Waals surface area (Å²) >= 11 is 6.17. The van der Waals surface area contributed by atoms with Gasteiger partial charge in [0, 0.05) is 28.0 Å². The van der Waals surface area contributed by atoms with E-state index in [2.05, 4.69) is 5.32 Å². The molecule has 4 atom stereocenters. The molecule has 0 aliphatic carbocycles. The maximum atomic E-state index is 15.0. The number of nitrogens with one attached hydrogen (secondary N) is 1. The molecular formula is C35H27ClN2O5. The Balaban J connectivity index is 1.52. The van der Waals surface area contributed by atoms with Gasteiger partial charge in [-0.25, -0.2) is 0 Å². The highest BCUT2D eigenvalue weighted by atomic mass is 35.5. The van der Waals surface area contributed by atoms with Crippen molar-refractivity contribution in [2.45, 2.75) is 17.5 Å². The number of hydrogen-bond acceptors (Lipinski definition) is 6. The molecule has 4 aromatic carbocycles. The predicted octanol–water partition coefficient (Wildman–Crippen LogP) is 6.34. The molecule has 0 radical (unpaired) electrons. The van der Waals surface area contributed by atoms with Gasteiger partial charge in [-0.1, -0.05) is 54.1 Å². The number of ketones is 2. The fourth-order valence-corrected chi connectivity index (χ4v) is 7.25. The predicted molar refractivity (Wildman–Crippen MR) is 164 cm³/mol. The number of methoxy groups -OCH3 is 2. The van der Waals surface area contributed by atoms with Gasteiger partial charge >= 0.3 is 0 Å². The summed E-state index contributed by atoms with van der Waals surface area (Å²) in [6, 6.07) is 25.2. The number of para-hydroxylation sites is 1. The van der Waals surface area contributed by atoms with Crippen LogP contribution in [0.2, 0.25) is 5.02 Å². The smallest absolute Gasteiger partial charge is 0.238 e. The number of ether oxygens (including phenoxy) is 2. The summed E-state index contributed by atoms with van der Waals surface area (Å²) in [7, 11) is 3.02. The number of benzene rings is 4. The number of rotatable bonds is 6. The van der Waals surface area contributed by atoms with Gasteiger partial charge in [0.25, 0.3) is 0 Å². The number of anilines is 1. The van der Waals surface area contributed by atoms with Crippen LogP contribution >= 0.6 is 11.6 Å². The van der Waals surface area contributed by atoms with Crippen molar-refractivity contribution < 1.29 is 23.9 Å². The maximum Gasteiger partial charge on any atom is 0.238 e. The monoisotopic (exact) mass is 590 g/mol. The molecule has 214 valence electrons. The Bertz CT molecular complexity index is 1830. The molecule has 1 spiro atoms. The molecule has 0 aromatic heterocycles. The van der Waals surface area contributed by atoms with Crippen molar-refractivity contribution >= 4 is 40.8 Å². The number of halogens is 1. The summed E-state index contributed by atoms with van der Waals surface area (Å²) in [6.07, 6.45) is 3.78. The lowest BCUT2D eigenvalue weighted by Crippen LogP contribution is -2.49. The molecule has 3 heterocycles. The third-order valence-corrected chi connectivity index (χ3v) is 9.17. The maximum absolute atomic E-state index is 15.0. The third kappa shape index (κ3) is 3.85. The summed E-state index contributed by atoms with van der Waals surface area (Å²) in [5.74, 6) is -1.20. The minimum absolute atomic E-state index is 0.279. The van der Waals surface area contributed by atoms with Gasteiger partial charge in [-0.3, -0.25) is 14.4 Å². The summed E-state index contributed by atoms with van der Waals surface area (Å²) in [6.45, 7) is 0. The van der Waals surface area contributed by atoms with Crippen molar-refractivity contribution in [3.05, 3.63) is 130 Å². The Kier molecular flexibility index (Phi) is 6.36. The van der Waals surface area contributed by atoms with Crippen LogP contribution in [0, 0.1) is 5.92 Å². The first-order valence-electron chi connectivity index (χ1n) is 13.9. The van der Waals surface area contributed by atoms with Crippen LogP contribution in [0.3, 0.4) is 0 Å². The number of fused-ring (bicyclic) bond motifs is 6. The first kappa shape index (κ1) is 27.0. The Morgan fingerprint density at radius 3 is 2.30 bits per heavy atom. The topological polar surface area (TPSA) is 84.9 Å². The minimum Gasteiger partial charge on any atom is -0.493 e. The van der Waals surface area contributed by atoms with Crippen LogP contribution in [0.25, 0.3) is 6.08 Å². The average Bonchev–Trinajstić information content (AvgIpc) is 3.52. The van der Waals surface area contributed by atoms with E-state index in [0.29, 0.717) is 38.9 Å². The first-order valence-corrected chi connectivity index (χ1v) is 14.3. The van der Waals surface area contributed by atoms with E-state index in [1.165, 1.54) is 14.2 Å². The molecule has 3 aliphatic rings. The highest BCUT2D eigenvalue weighted by molar-refractivity contribution is 6.30. The molecule has 1 fully saturated rings. The quantitative estimate of drug-likeness (QED) is 0.264. The average molecular weight is 591 g/mol. The van der Waals surface area contributed by atoms with Crippen LogP contribution in [0.5, 0.6) is 11.5 Å². The number of carbonyl (C=O) groups excluding carboxylic acids is 3. The molecule has 0 bridgehead atoms. The molecule has 8 heteroatoms. The standard InChI is InChI=1S/C35H27ClN2O5/c1-42-27-16-13-22(19-28(27)43-2)31(39)29-30(32(40)21-11-14-23(36)15-12-21)38-18-17-20-7-3-4-8-24(20)33(38)35(29)25-9-5-6-10-26(25)37-34(35)41/h3-19,29-30,33H,1-2H3,(H,37,41)/t29-,30+,33+,35+/m0/s1. The first-order chi connectivity index (χ1) is 20.9. The molecular weight excluding hydrogens is 564 g/mol. The zero-order valence-corrected chi connectivity index (χ0v) is 24.2. The zero-order valence-electron chi connectivity index (χ0n) is 23.4. The number of amides is 1. The van der Waals surface area contributed by atoms with Gasteiger partial charge in [0.1, 0.15) is 11.5 Å². The lowest BCUT2D eigenvalue weighted by atomic mass is 9.62. The number of nitrogens with zero attached hydrogens (tertiary/aromatic N) is 1. The van der Waals surface area contributed by atoms with Crippen molar-refractivity contribution in [2.75, 3.05) is 19.5 Å². The third-order valence-electron chi connectivity index (χ3n) is 8.92. The van der Waals surface area contributed by atoms with Gasteiger partial charge < -0.3 is 19.7 Å². The van der Waals surface area contributed by atoms with Gasteiger partial charge in [0.2, 0.25) is 5.91 Å². The van der Waals surface area contributed by atoms with Gasteiger partial charge in [-0.2, -0.15) is 0 Å². The van der Waals surface area contributed by atoms with Crippen LogP contribution in [-0.2, 0) is 10.2 Å². The minimum atomic E-state index is -1.42. The van der Waals surface area contributed by atoms with Crippen molar-refractivity contribution in [1.29, 1.82) is 0 Å². The van der Waals surface area contributed by atoms with Crippen LogP contribution < -0.4 is 14.8 Å². The Morgan fingerprint density at radius 2 is 1.53 bits per heavy atom. The SMILES string of the molecule is COc1ccc(C(=O)[C@@H]2[C@H](C(=O)c3ccc(Cl)cc3)N3C=Cc4ccccc4[C@@H]3[C@]23C(=O)Nc2ccccc23)cc1OC. The Morgan fingerprint density at radius 1 is 0.837 bits per heavy atom. The van der Waals surface area contributed by atoms with E-state index in [0.717, 1.165) is 11.1 Å². The molecule has 0 unspecified atom stereocenters. The van der Waals surface area contributed by atoms with Crippen molar-refractivity contribution in [3.63, 3.8) is 0 Å². The van der Waals surface area contributed by atoms with Crippen molar-refractivity contribution in [2.24, 2.45) is 5.92 Å². The second-order valence-corrected chi connectivity index (χ2v) is 11.3. The highest BCUT2D eigenvalue weighted by Gasteiger charge is 2.70. The summed E-state index contributed by atoms with van der Waals surface area (Å²) in [4.78, 5) is 46.1. The fraction of sp³-hybridized carbons (Fsp3) is 0.171. The number of carbonyl (C=O) groups is 3. The van der Waals surface area contributed by atoms with Gasteiger partial charge in [0.15, 0.2) is 23.1 Å². The Labute approximate surface area is 253 Å². The highest BCUT2D eigenvalue weighted by Crippen LogP contribution is 2.62. The largest absolute Gasteiger partial charge is 0.493 e. The molecule has 43 heavy (non-hydrogen) atoms. The lowest BCUT2D eigenvalue weighted by molar-refractivity contribution is -0.122. The van der Waals surface area contributed by atoms with Crippen LogP contribution in [0.1, 0.15) is 43.4 Å². The van der Waals surface area contributed by atoms with Gasteiger partial charge in [-0.15, -0.1) is 0 Å². The van der Waals surface area contributed by atoms with E-state index >= 15 is 0 Å². The van der Waals surface area contributed by atoms with E-state index in [-0.39, 0.29) is 17.5 Å². The molecule has 1 saturated heterocycles. The van der Waals surface area contributed by atoms with E-state index < -0.39 is 23.4 Å². The van der Waals surface area contributed by atoms with Crippen molar-refractivity contribution in [3.8, 4) is 11.5 Å².